The number of nitrogens with zero attached hydrogens (tertiary/aromatic N) is 4. The summed E-state index contributed by atoms with van der Waals surface area (Å²) in [5, 5.41) is 0. The Labute approximate surface area is 130 Å². The second-order valence-electron chi connectivity index (χ2n) is 5.60. The molecule has 0 radical (unpaired) electrons. The smallest absolute Gasteiger partial charge is 0.274 e. The maximum atomic E-state index is 12.8. The highest BCUT2D eigenvalue weighted by molar-refractivity contribution is 5.92. The number of amides is 1. The SMILES string of the molecule is CCC1CN(C)c2ccccc2CN1C(=O)c1cnccn1. The Kier molecular flexibility index (Phi) is 4.04. The molecule has 0 N–H and O–H groups in total. The molecule has 0 fully saturated rings. The Balaban J connectivity index is 1.97. The Morgan fingerprint density at radius 3 is 2.86 bits per heavy atom. The first kappa shape index (κ1) is 14.5. The lowest BCUT2D eigenvalue weighted by atomic mass is 10.1. The van der Waals surface area contributed by atoms with Crippen LogP contribution in [-0.4, -0.2) is 40.4 Å². The van der Waals surface area contributed by atoms with E-state index in [1.54, 1.807) is 12.4 Å². The molecule has 1 aliphatic heterocycles. The Hall–Kier alpha value is -2.43. The maximum Gasteiger partial charge on any atom is 0.274 e. The third kappa shape index (κ3) is 2.66. The second-order valence-corrected chi connectivity index (χ2v) is 5.60. The van der Waals surface area contributed by atoms with Crippen molar-refractivity contribution in [3.8, 4) is 0 Å². The van der Waals surface area contributed by atoms with Crippen molar-refractivity contribution in [2.75, 3.05) is 18.5 Å². The summed E-state index contributed by atoms with van der Waals surface area (Å²) in [6.07, 6.45) is 5.59. The van der Waals surface area contributed by atoms with Crippen LogP contribution in [0.2, 0.25) is 0 Å². The van der Waals surface area contributed by atoms with Gasteiger partial charge in [-0.25, -0.2) is 4.98 Å². The molecule has 2 aromatic rings. The van der Waals surface area contributed by atoms with Gasteiger partial charge < -0.3 is 9.80 Å². The van der Waals surface area contributed by atoms with Crippen LogP contribution in [0.4, 0.5) is 5.69 Å². The molecule has 3 rings (SSSR count). The van der Waals surface area contributed by atoms with Crippen LogP contribution in [0.5, 0.6) is 0 Å². The van der Waals surface area contributed by atoms with Crippen molar-refractivity contribution in [1.82, 2.24) is 14.9 Å². The number of fused-ring (bicyclic) bond motifs is 1. The predicted octanol–water partition coefficient (Wildman–Crippen LogP) is 2.35. The fourth-order valence-electron chi connectivity index (χ4n) is 2.99. The van der Waals surface area contributed by atoms with Gasteiger partial charge in [-0.1, -0.05) is 25.1 Å². The van der Waals surface area contributed by atoms with Crippen molar-refractivity contribution in [2.45, 2.75) is 25.9 Å². The lowest BCUT2D eigenvalue weighted by Gasteiger charge is -2.30. The molecule has 2 heterocycles. The van der Waals surface area contributed by atoms with Crippen LogP contribution in [-0.2, 0) is 6.54 Å². The molecule has 0 saturated carbocycles. The predicted molar refractivity (Wildman–Crippen MR) is 85.7 cm³/mol. The zero-order chi connectivity index (χ0) is 15.5. The summed E-state index contributed by atoms with van der Waals surface area (Å²) in [6, 6.07) is 8.41. The van der Waals surface area contributed by atoms with E-state index < -0.39 is 0 Å². The van der Waals surface area contributed by atoms with Gasteiger partial charge in [-0.3, -0.25) is 9.78 Å². The van der Waals surface area contributed by atoms with Crippen LogP contribution in [0.15, 0.2) is 42.9 Å². The number of hydrogen-bond acceptors (Lipinski definition) is 4. The zero-order valence-corrected chi connectivity index (χ0v) is 12.9. The van der Waals surface area contributed by atoms with Gasteiger partial charge in [0.15, 0.2) is 0 Å². The molecule has 0 bridgehead atoms. The van der Waals surface area contributed by atoms with Crippen LogP contribution in [0.3, 0.4) is 0 Å². The summed E-state index contributed by atoms with van der Waals surface area (Å²) in [7, 11) is 2.08. The molecule has 22 heavy (non-hydrogen) atoms. The zero-order valence-electron chi connectivity index (χ0n) is 12.9. The first-order valence-electron chi connectivity index (χ1n) is 7.56. The van der Waals surface area contributed by atoms with Gasteiger partial charge in [-0.05, 0) is 18.1 Å². The molecular formula is C17H20N4O. The van der Waals surface area contributed by atoms with Gasteiger partial charge in [-0.15, -0.1) is 0 Å². The molecule has 114 valence electrons. The molecule has 1 aliphatic rings. The number of para-hydroxylation sites is 1. The van der Waals surface area contributed by atoms with Crippen LogP contribution >= 0.6 is 0 Å². The first-order valence-corrected chi connectivity index (χ1v) is 7.56. The minimum absolute atomic E-state index is 0.0509. The van der Waals surface area contributed by atoms with Crippen LogP contribution in [0, 0.1) is 0 Å². The molecule has 0 aliphatic carbocycles. The molecular weight excluding hydrogens is 276 g/mol. The summed E-state index contributed by atoms with van der Waals surface area (Å²) in [5.41, 5.74) is 2.76. The number of benzene rings is 1. The topological polar surface area (TPSA) is 49.3 Å². The Bertz CT molecular complexity index is 659. The van der Waals surface area contributed by atoms with E-state index in [0.717, 1.165) is 18.5 Å². The van der Waals surface area contributed by atoms with E-state index in [9.17, 15) is 4.79 Å². The largest absolute Gasteiger partial charge is 0.372 e. The number of hydrogen-bond donors (Lipinski definition) is 0. The van der Waals surface area contributed by atoms with Crippen LogP contribution in [0.1, 0.15) is 29.4 Å². The minimum Gasteiger partial charge on any atom is -0.372 e. The second kappa shape index (κ2) is 6.13. The summed E-state index contributed by atoms with van der Waals surface area (Å²) >= 11 is 0. The average Bonchev–Trinajstić information content (AvgIpc) is 2.72. The van der Waals surface area contributed by atoms with Crippen molar-refractivity contribution in [3.05, 3.63) is 54.1 Å². The lowest BCUT2D eigenvalue weighted by Crippen LogP contribution is -2.43. The van der Waals surface area contributed by atoms with Gasteiger partial charge in [-0.2, -0.15) is 0 Å². The maximum absolute atomic E-state index is 12.8. The normalized spacial score (nSPS) is 17.8. The Morgan fingerprint density at radius 1 is 1.32 bits per heavy atom. The number of anilines is 1. The molecule has 1 aromatic heterocycles. The molecule has 1 amide bonds. The summed E-state index contributed by atoms with van der Waals surface area (Å²) in [6.45, 7) is 3.54. The van der Waals surface area contributed by atoms with E-state index in [1.807, 2.05) is 17.0 Å². The van der Waals surface area contributed by atoms with E-state index in [4.69, 9.17) is 0 Å². The third-order valence-electron chi connectivity index (χ3n) is 4.18. The van der Waals surface area contributed by atoms with Gasteiger partial charge in [0.2, 0.25) is 0 Å². The van der Waals surface area contributed by atoms with E-state index >= 15 is 0 Å². The number of carbonyl (C=O) groups excluding carboxylic acids is 1. The number of carbonyl (C=O) groups is 1. The fourth-order valence-corrected chi connectivity index (χ4v) is 2.99. The highest BCUT2D eigenvalue weighted by atomic mass is 16.2. The van der Waals surface area contributed by atoms with Crippen LogP contribution < -0.4 is 4.90 Å². The molecule has 0 spiro atoms. The summed E-state index contributed by atoms with van der Waals surface area (Å²) < 4.78 is 0. The minimum atomic E-state index is -0.0509. The van der Waals surface area contributed by atoms with Gasteiger partial charge in [0.05, 0.1) is 6.20 Å². The van der Waals surface area contributed by atoms with E-state index in [1.165, 1.54) is 11.9 Å². The summed E-state index contributed by atoms with van der Waals surface area (Å²) in [4.78, 5) is 25.2. The molecule has 1 atom stereocenters. The van der Waals surface area contributed by atoms with E-state index in [0.29, 0.717) is 12.2 Å². The molecule has 5 nitrogen and oxygen atoms in total. The highest BCUT2D eigenvalue weighted by Gasteiger charge is 2.29. The van der Waals surface area contributed by atoms with Crippen molar-refractivity contribution >= 4 is 11.6 Å². The molecule has 1 aromatic carbocycles. The monoisotopic (exact) mass is 296 g/mol. The first-order chi connectivity index (χ1) is 10.7. The van der Waals surface area contributed by atoms with E-state index in [-0.39, 0.29) is 11.9 Å². The number of rotatable bonds is 2. The van der Waals surface area contributed by atoms with Gasteiger partial charge in [0.1, 0.15) is 5.69 Å². The average molecular weight is 296 g/mol. The van der Waals surface area contributed by atoms with Crippen molar-refractivity contribution in [1.29, 1.82) is 0 Å². The van der Waals surface area contributed by atoms with Gasteiger partial charge in [0.25, 0.3) is 5.91 Å². The molecule has 5 heteroatoms. The summed E-state index contributed by atoms with van der Waals surface area (Å²) in [5.74, 6) is -0.0509. The number of likely N-dealkylation sites (N-methyl/N-ethyl adjacent to an activating group) is 1. The lowest BCUT2D eigenvalue weighted by molar-refractivity contribution is 0.0661. The molecule has 1 unspecified atom stereocenters. The van der Waals surface area contributed by atoms with Crippen LogP contribution in [0.25, 0.3) is 0 Å². The van der Waals surface area contributed by atoms with Crippen molar-refractivity contribution in [2.24, 2.45) is 0 Å². The standard InChI is InChI=1S/C17H20N4O/c1-3-14-12-20(2)16-7-5-4-6-13(16)11-21(14)17(22)15-10-18-8-9-19-15/h4-10,14H,3,11-12H2,1-2H3. The quantitative estimate of drug-likeness (QED) is 0.853. The molecule has 0 saturated heterocycles. The third-order valence-corrected chi connectivity index (χ3v) is 4.18. The fraction of sp³-hybridized carbons (Fsp3) is 0.353. The van der Waals surface area contributed by atoms with Crippen molar-refractivity contribution in [3.63, 3.8) is 0 Å². The Morgan fingerprint density at radius 2 is 2.14 bits per heavy atom. The van der Waals surface area contributed by atoms with Crippen molar-refractivity contribution < 1.29 is 4.79 Å². The number of aromatic nitrogens is 2. The van der Waals surface area contributed by atoms with Gasteiger partial charge >= 0.3 is 0 Å². The highest BCUT2D eigenvalue weighted by Crippen LogP contribution is 2.27. The van der Waals surface area contributed by atoms with E-state index in [2.05, 4.69) is 41.0 Å². The van der Waals surface area contributed by atoms with Gasteiger partial charge in [0, 0.05) is 44.3 Å².